The van der Waals surface area contributed by atoms with Crippen molar-refractivity contribution < 1.29 is 0 Å². The third kappa shape index (κ3) is 3.27. The van der Waals surface area contributed by atoms with Crippen LogP contribution in [0.3, 0.4) is 0 Å². The van der Waals surface area contributed by atoms with Crippen LogP contribution in [0.1, 0.15) is 41.6 Å². The fraction of sp³-hybridized carbons (Fsp3) is 0.368. The molecule has 0 fully saturated rings. The van der Waals surface area contributed by atoms with E-state index in [1.807, 2.05) is 0 Å². The second kappa shape index (κ2) is 6.31. The van der Waals surface area contributed by atoms with Crippen molar-refractivity contribution in [3.63, 3.8) is 0 Å². The number of para-hydroxylation sites is 1. The summed E-state index contributed by atoms with van der Waals surface area (Å²) in [5.74, 6) is 0. The molecule has 1 heterocycles. The summed E-state index contributed by atoms with van der Waals surface area (Å²) in [6, 6.07) is 15.8. The maximum absolute atomic E-state index is 3.65. The van der Waals surface area contributed by atoms with Gasteiger partial charge in [0.15, 0.2) is 0 Å². The van der Waals surface area contributed by atoms with E-state index in [2.05, 4.69) is 66.9 Å². The van der Waals surface area contributed by atoms with Gasteiger partial charge in [-0.05, 0) is 43.4 Å². The summed E-state index contributed by atoms with van der Waals surface area (Å²) in [6.07, 6.45) is 2.44. The molecule has 1 aliphatic rings. The van der Waals surface area contributed by atoms with Crippen molar-refractivity contribution in [2.24, 2.45) is 0 Å². The van der Waals surface area contributed by atoms with Gasteiger partial charge in [0.25, 0.3) is 0 Å². The van der Waals surface area contributed by atoms with E-state index in [0.29, 0.717) is 6.04 Å². The summed E-state index contributed by atoms with van der Waals surface area (Å²) < 4.78 is 0. The molecule has 3 rings (SSSR count). The largest absolute Gasteiger partial charge is 0.385 e. The molecule has 0 unspecified atom stereocenters. The highest BCUT2D eigenvalue weighted by Gasteiger charge is 2.13. The minimum atomic E-state index is 0.365. The molecule has 1 aliphatic heterocycles. The van der Waals surface area contributed by atoms with Crippen LogP contribution in [-0.4, -0.2) is 6.54 Å². The van der Waals surface area contributed by atoms with Gasteiger partial charge in [-0.3, -0.25) is 0 Å². The molecule has 0 saturated heterocycles. The Kier molecular flexibility index (Phi) is 4.26. The van der Waals surface area contributed by atoms with Gasteiger partial charge in [-0.1, -0.05) is 48.0 Å². The standard InChI is InChI=1S/C19H24N2/c1-14-6-3-8-17(12-14)15(2)21-13-18-9-4-7-16-10-5-11-20-19(16)18/h3-4,6-9,12,15,20-21H,5,10-11,13H2,1-2H3/t15-/m1/s1. The normalized spacial score (nSPS) is 15.1. The Morgan fingerprint density at radius 3 is 2.90 bits per heavy atom. The van der Waals surface area contributed by atoms with Crippen molar-refractivity contribution in [2.75, 3.05) is 11.9 Å². The van der Waals surface area contributed by atoms with Crippen LogP contribution in [0, 0.1) is 6.92 Å². The Labute approximate surface area is 127 Å². The maximum Gasteiger partial charge on any atom is 0.0418 e. The molecule has 1 atom stereocenters. The molecule has 110 valence electrons. The molecular formula is C19H24N2. The van der Waals surface area contributed by atoms with E-state index in [0.717, 1.165) is 13.1 Å². The van der Waals surface area contributed by atoms with Gasteiger partial charge in [0.1, 0.15) is 0 Å². The number of aryl methyl sites for hydroxylation is 2. The molecule has 2 heteroatoms. The number of benzene rings is 2. The van der Waals surface area contributed by atoms with E-state index in [1.165, 1.54) is 40.8 Å². The zero-order valence-corrected chi connectivity index (χ0v) is 12.9. The molecule has 2 nitrogen and oxygen atoms in total. The van der Waals surface area contributed by atoms with Crippen molar-refractivity contribution in [1.29, 1.82) is 0 Å². The smallest absolute Gasteiger partial charge is 0.0418 e. The predicted molar refractivity (Wildman–Crippen MR) is 89.7 cm³/mol. The third-order valence-electron chi connectivity index (χ3n) is 4.30. The van der Waals surface area contributed by atoms with E-state index >= 15 is 0 Å². The monoisotopic (exact) mass is 280 g/mol. The molecule has 0 aromatic heterocycles. The first-order valence-corrected chi connectivity index (χ1v) is 7.88. The maximum atomic E-state index is 3.65. The van der Waals surface area contributed by atoms with E-state index < -0.39 is 0 Å². The first-order chi connectivity index (χ1) is 10.2. The van der Waals surface area contributed by atoms with E-state index in [-0.39, 0.29) is 0 Å². The lowest BCUT2D eigenvalue weighted by molar-refractivity contribution is 0.574. The van der Waals surface area contributed by atoms with Gasteiger partial charge in [0.2, 0.25) is 0 Å². The van der Waals surface area contributed by atoms with Crippen LogP contribution in [-0.2, 0) is 13.0 Å². The predicted octanol–water partition coefficient (Wildman–Crippen LogP) is 4.20. The minimum Gasteiger partial charge on any atom is -0.385 e. The van der Waals surface area contributed by atoms with Crippen molar-refractivity contribution in [3.8, 4) is 0 Å². The lowest BCUT2D eigenvalue weighted by Gasteiger charge is -2.22. The second-order valence-corrected chi connectivity index (χ2v) is 6.00. The van der Waals surface area contributed by atoms with Crippen LogP contribution in [0.5, 0.6) is 0 Å². The Morgan fingerprint density at radius 1 is 1.19 bits per heavy atom. The van der Waals surface area contributed by atoms with Gasteiger partial charge >= 0.3 is 0 Å². The number of anilines is 1. The van der Waals surface area contributed by atoms with Crippen molar-refractivity contribution in [1.82, 2.24) is 5.32 Å². The van der Waals surface area contributed by atoms with E-state index in [9.17, 15) is 0 Å². The molecule has 0 aliphatic carbocycles. The van der Waals surface area contributed by atoms with Gasteiger partial charge in [-0.15, -0.1) is 0 Å². The zero-order chi connectivity index (χ0) is 14.7. The highest BCUT2D eigenvalue weighted by Crippen LogP contribution is 2.26. The first kappa shape index (κ1) is 14.2. The number of hydrogen-bond acceptors (Lipinski definition) is 2. The summed E-state index contributed by atoms with van der Waals surface area (Å²) in [4.78, 5) is 0. The van der Waals surface area contributed by atoms with Crippen LogP contribution in [0.4, 0.5) is 5.69 Å². The fourth-order valence-electron chi connectivity index (χ4n) is 3.05. The molecule has 0 radical (unpaired) electrons. The Hall–Kier alpha value is -1.80. The molecule has 0 amide bonds. The van der Waals surface area contributed by atoms with Crippen LogP contribution in [0.15, 0.2) is 42.5 Å². The first-order valence-electron chi connectivity index (χ1n) is 7.88. The van der Waals surface area contributed by atoms with Gasteiger partial charge in [0.05, 0.1) is 0 Å². The molecular weight excluding hydrogens is 256 g/mol. The van der Waals surface area contributed by atoms with Crippen LogP contribution in [0.25, 0.3) is 0 Å². The summed E-state index contributed by atoms with van der Waals surface area (Å²) in [7, 11) is 0. The zero-order valence-electron chi connectivity index (χ0n) is 12.9. The van der Waals surface area contributed by atoms with Gasteiger partial charge in [0, 0.05) is 24.8 Å². The molecule has 21 heavy (non-hydrogen) atoms. The van der Waals surface area contributed by atoms with Crippen LogP contribution < -0.4 is 10.6 Å². The molecule has 2 N–H and O–H groups in total. The fourth-order valence-corrected chi connectivity index (χ4v) is 3.05. The lowest BCUT2D eigenvalue weighted by atomic mass is 9.99. The highest BCUT2D eigenvalue weighted by molar-refractivity contribution is 5.59. The van der Waals surface area contributed by atoms with Crippen LogP contribution in [0.2, 0.25) is 0 Å². The molecule has 0 saturated carbocycles. The summed E-state index contributed by atoms with van der Waals surface area (Å²) in [5, 5.41) is 7.22. The molecule has 2 aromatic carbocycles. The molecule has 2 aromatic rings. The Balaban J connectivity index is 1.70. The van der Waals surface area contributed by atoms with Gasteiger partial charge < -0.3 is 10.6 Å². The van der Waals surface area contributed by atoms with Crippen LogP contribution >= 0.6 is 0 Å². The number of rotatable bonds is 4. The highest BCUT2D eigenvalue weighted by atomic mass is 14.9. The quantitative estimate of drug-likeness (QED) is 0.877. The van der Waals surface area contributed by atoms with Crippen molar-refractivity contribution >= 4 is 5.69 Å². The Bertz CT molecular complexity index is 619. The number of nitrogens with one attached hydrogen (secondary N) is 2. The average Bonchev–Trinajstić information content (AvgIpc) is 2.52. The van der Waals surface area contributed by atoms with Gasteiger partial charge in [-0.25, -0.2) is 0 Å². The van der Waals surface area contributed by atoms with Crippen molar-refractivity contribution in [2.45, 2.75) is 39.3 Å². The molecule has 0 spiro atoms. The number of fused-ring (bicyclic) bond motifs is 1. The minimum absolute atomic E-state index is 0.365. The average molecular weight is 280 g/mol. The second-order valence-electron chi connectivity index (χ2n) is 6.00. The van der Waals surface area contributed by atoms with E-state index in [1.54, 1.807) is 0 Å². The summed E-state index contributed by atoms with van der Waals surface area (Å²) in [5.41, 5.74) is 6.87. The number of hydrogen-bond donors (Lipinski definition) is 2. The van der Waals surface area contributed by atoms with Crippen molar-refractivity contribution in [3.05, 3.63) is 64.7 Å². The third-order valence-corrected chi connectivity index (χ3v) is 4.30. The van der Waals surface area contributed by atoms with E-state index in [4.69, 9.17) is 0 Å². The Morgan fingerprint density at radius 2 is 2.05 bits per heavy atom. The topological polar surface area (TPSA) is 24.1 Å². The lowest BCUT2D eigenvalue weighted by Crippen LogP contribution is -2.21. The summed E-state index contributed by atoms with van der Waals surface area (Å²) >= 11 is 0. The molecule has 0 bridgehead atoms. The summed E-state index contributed by atoms with van der Waals surface area (Å²) in [6.45, 7) is 6.38. The SMILES string of the molecule is Cc1cccc([C@@H](C)NCc2cccc3c2NCCC3)c1. The van der Waals surface area contributed by atoms with Gasteiger partial charge in [-0.2, -0.15) is 0 Å².